The molecule has 0 unspecified atom stereocenters. The number of nitrogens with zero attached hydrogens (tertiary/aromatic N) is 2. The Morgan fingerprint density at radius 3 is 2.33 bits per heavy atom. The van der Waals surface area contributed by atoms with E-state index in [1.165, 1.54) is 4.90 Å². The lowest BCUT2D eigenvalue weighted by Crippen LogP contribution is -2.53. The van der Waals surface area contributed by atoms with E-state index in [0.29, 0.717) is 32.2 Å². The average molecular weight is 488 g/mol. The molecular formula is C22H31F2N3O5S. The standard InChI is InChI=1S/C22H31F2N3O5S/c1-22(2,3)32-21(29)26-11-5-7-15(13-26)20(28)25-16-8-6-12-27(14-16)33(30,31)19-17(23)9-4-10-18(19)24/h4,9-10,15-16H,5-8,11-14H2,1-3H3,(H,25,28)/t15-,16-/m1/s1. The van der Waals surface area contributed by atoms with Gasteiger partial charge in [-0.25, -0.2) is 22.0 Å². The number of halogens is 2. The highest BCUT2D eigenvalue weighted by Crippen LogP contribution is 2.26. The molecule has 0 aliphatic carbocycles. The lowest BCUT2D eigenvalue weighted by molar-refractivity contribution is -0.127. The van der Waals surface area contributed by atoms with Gasteiger partial charge >= 0.3 is 6.09 Å². The van der Waals surface area contributed by atoms with Gasteiger partial charge in [0.2, 0.25) is 15.9 Å². The monoisotopic (exact) mass is 487 g/mol. The summed E-state index contributed by atoms with van der Waals surface area (Å²) < 4.78 is 60.3. The van der Waals surface area contributed by atoms with Gasteiger partial charge in [0.15, 0.2) is 4.90 Å². The number of sulfonamides is 1. The molecule has 1 aromatic carbocycles. The number of rotatable bonds is 4. The first-order valence-corrected chi connectivity index (χ1v) is 12.5. The largest absolute Gasteiger partial charge is 0.444 e. The van der Waals surface area contributed by atoms with Crippen LogP contribution in [0.3, 0.4) is 0 Å². The van der Waals surface area contributed by atoms with Gasteiger partial charge in [0, 0.05) is 32.2 Å². The van der Waals surface area contributed by atoms with Gasteiger partial charge in [-0.2, -0.15) is 4.31 Å². The van der Waals surface area contributed by atoms with Gasteiger partial charge in [0.1, 0.15) is 17.2 Å². The molecule has 0 saturated carbocycles. The summed E-state index contributed by atoms with van der Waals surface area (Å²) in [5.41, 5.74) is -0.638. The first kappa shape index (κ1) is 25.4. The van der Waals surface area contributed by atoms with E-state index in [1.54, 1.807) is 20.8 Å². The number of carbonyl (C=O) groups is 2. The van der Waals surface area contributed by atoms with Gasteiger partial charge in [-0.1, -0.05) is 6.07 Å². The Labute approximate surface area is 193 Å². The fourth-order valence-electron chi connectivity index (χ4n) is 4.14. The molecule has 8 nitrogen and oxygen atoms in total. The Balaban J connectivity index is 1.63. The second-order valence-corrected chi connectivity index (χ2v) is 11.4. The number of amides is 2. The number of likely N-dealkylation sites (tertiary alicyclic amines) is 1. The number of hydrogen-bond acceptors (Lipinski definition) is 5. The number of benzene rings is 1. The molecule has 3 rings (SSSR count). The third-order valence-electron chi connectivity index (χ3n) is 5.69. The maximum Gasteiger partial charge on any atom is 0.410 e. The highest BCUT2D eigenvalue weighted by molar-refractivity contribution is 7.89. The van der Waals surface area contributed by atoms with Crippen molar-refractivity contribution in [2.45, 2.75) is 63.0 Å². The summed E-state index contributed by atoms with van der Waals surface area (Å²) in [5.74, 6) is -3.01. The molecule has 2 amide bonds. The van der Waals surface area contributed by atoms with Crippen LogP contribution in [-0.2, 0) is 19.6 Å². The first-order chi connectivity index (χ1) is 15.4. The van der Waals surface area contributed by atoms with Gasteiger partial charge in [-0.3, -0.25) is 4.79 Å². The SMILES string of the molecule is CC(C)(C)OC(=O)N1CCC[C@@H](C(=O)N[C@@H]2CCCN(S(=O)(=O)c3c(F)cccc3F)C2)C1. The maximum absolute atomic E-state index is 14.1. The van der Waals surface area contributed by atoms with Crippen molar-refractivity contribution in [3.63, 3.8) is 0 Å². The van der Waals surface area contributed by atoms with Crippen LogP contribution in [0.4, 0.5) is 13.6 Å². The third kappa shape index (κ3) is 6.20. The van der Waals surface area contributed by atoms with Crippen molar-refractivity contribution < 1.29 is 31.5 Å². The molecular weight excluding hydrogens is 456 g/mol. The Kier molecular flexibility index (Phi) is 7.62. The molecule has 0 aromatic heterocycles. The van der Waals surface area contributed by atoms with Crippen molar-refractivity contribution in [3.8, 4) is 0 Å². The van der Waals surface area contributed by atoms with E-state index in [4.69, 9.17) is 4.74 Å². The predicted molar refractivity (Wildman–Crippen MR) is 117 cm³/mol. The molecule has 2 aliphatic rings. The lowest BCUT2D eigenvalue weighted by atomic mass is 9.96. The minimum atomic E-state index is -4.39. The molecule has 2 saturated heterocycles. The number of hydrogen-bond donors (Lipinski definition) is 1. The summed E-state index contributed by atoms with van der Waals surface area (Å²) in [6.45, 7) is 6.07. The normalized spacial score (nSPS) is 22.6. The average Bonchev–Trinajstić information content (AvgIpc) is 2.72. The molecule has 184 valence electrons. The molecule has 0 bridgehead atoms. The minimum Gasteiger partial charge on any atom is -0.444 e. The van der Waals surface area contributed by atoms with Crippen LogP contribution in [0.5, 0.6) is 0 Å². The molecule has 2 aliphatic heterocycles. The second-order valence-electron chi connectivity index (χ2n) is 9.53. The molecule has 1 aromatic rings. The van der Waals surface area contributed by atoms with Gasteiger partial charge in [-0.05, 0) is 58.6 Å². The van der Waals surface area contributed by atoms with Crippen molar-refractivity contribution in [2.75, 3.05) is 26.2 Å². The lowest BCUT2D eigenvalue weighted by Gasteiger charge is -2.36. The number of nitrogens with one attached hydrogen (secondary N) is 1. The van der Waals surface area contributed by atoms with E-state index < -0.39 is 50.2 Å². The van der Waals surface area contributed by atoms with Crippen LogP contribution in [0.1, 0.15) is 46.5 Å². The quantitative estimate of drug-likeness (QED) is 0.705. The van der Waals surface area contributed by atoms with Crippen LogP contribution in [0, 0.1) is 17.6 Å². The number of carbonyl (C=O) groups excluding carboxylic acids is 2. The Morgan fingerprint density at radius 2 is 1.70 bits per heavy atom. The van der Waals surface area contributed by atoms with Gasteiger partial charge < -0.3 is 15.0 Å². The summed E-state index contributed by atoms with van der Waals surface area (Å²) in [7, 11) is -4.39. The summed E-state index contributed by atoms with van der Waals surface area (Å²) in [6.07, 6.45) is 1.76. The van der Waals surface area contributed by atoms with Gasteiger partial charge in [0.05, 0.1) is 5.92 Å². The predicted octanol–water partition coefficient (Wildman–Crippen LogP) is 2.88. The zero-order chi connectivity index (χ0) is 24.4. The highest BCUT2D eigenvalue weighted by Gasteiger charge is 2.36. The molecule has 2 atom stereocenters. The van der Waals surface area contributed by atoms with Crippen molar-refractivity contribution in [1.29, 1.82) is 0 Å². The summed E-state index contributed by atoms with van der Waals surface area (Å²) in [5, 5.41) is 2.87. The van der Waals surface area contributed by atoms with E-state index in [0.717, 1.165) is 22.5 Å². The summed E-state index contributed by atoms with van der Waals surface area (Å²) in [4.78, 5) is 25.8. The zero-order valence-electron chi connectivity index (χ0n) is 19.1. The fraction of sp³-hybridized carbons (Fsp3) is 0.636. The molecule has 0 spiro atoms. The molecule has 2 fully saturated rings. The van der Waals surface area contributed by atoms with Crippen LogP contribution in [0.15, 0.2) is 23.1 Å². The van der Waals surface area contributed by atoms with Crippen LogP contribution >= 0.6 is 0 Å². The molecule has 0 radical (unpaired) electrons. The Hall–Kier alpha value is -2.27. The Morgan fingerprint density at radius 1 is 1.06 bits per heavy atom. The molecule has 2 heterocycles. The number of ether oxygens (including phenoxy) is 1. The minimum absolute atomic E-state index is 0.0790. The fourth-order valence-corrected chi connectivity index (χ4v) is 5.77. The molecule has 1 N–H and O–H groups in total. The van der Waals surface area contributed by atoms with E-state index in [9.17, 15) is 26.8 Å². The topological polar surface area (TPSA) is 96.0 Å². The van der Waals surface area contributed by atoms with Crippen LogP contribution in [0.2, 0.25) is 0 Å². The zero-order valence-corrected chi connectivity index (χ0v) is 20.0. The van der Waals surface area contributed by atoms with Crippen molar-refractivity contribution in [1.82, 2.24) is 14.5 Å². The maximum atomic E-state index is 14.1. The van der Waals surface area contributed by atoms with Gasteiger partial charge in [0.25, 0.3) is 0 Å². The van der Waals surface area contributed by atoms with Crippen molar-refractivity contribution in [2.24, 2.45) is 5.92 Å². The summed E-state index contributed by atoms with van der Waals surface area (Å²) >= 11 is 0. The van der Waals surface area contributed by atoms with E-state index in [1.807, 2.05) is 0 Å². The first-order valence-electron chi connectivity index (χ1n) is 11.1. The van der Waals surface area contributed by atoms with E-state index in [-0.39, 0.29) is 25.5 Å². The van der Waals surface area contributed by atoms with Crippen molar-refractivity contribution in [3.05, 3.63) is 29.8 Å². The molecule has 11 heteroatoms. The van der Waals surface area contributed by atoms with Crippen LogP contribution in [0.25, 0.3) is 0 Å². The summed E-state index contributed by atoms with van der Waals surface area (Å²) in [6, 6.07) is 2.41. The Bertz CT molecular complexity index is 976. The number of piperidine rings is 2. The van der Waals surface area contributed by atoms with Crippen LogP contribution in [-0.4, -0.2) is 67.4 Å². The van der Waals surface area contributed by atoms with Crippen LogP contribution < -0.4 is 5.32 Å². The molecule has 33 heavy (non-hydrogen) atoms. The highest BCUT2D eigenvalue weighted by atomic mass is 32.2. The van der Waals surface area contributed by atoms with E-state index in [2.05, 4.69) is 5.32 Å². The van der Waals surface area contributed by atoms with Crippen molar-refractivity contribution >= 4 is 22.0 Å². The van der Waals surface area contributed by atoms with E-state index >= 15 is 0 Å². The van der Waals surface area contributed by atoms with Gasteiger partial charge in [-0.15, -0.1) is 0 Å². The second kappa shape index (κ2) is 9.92. The smallest absolute Gasteiger partial charge is 0.410 e. The third-order valence-corrected chi connectivity index (χ3v) is 7.61.